The van der Waals surface area contributed by atoms with E-state index in [4.69, 9.17) is 44.3 Å². The van der Waals surface area contributed by atoms with Crippen LogP contribution in [0, 0.1) is 0 Å². The number of halogens is 3. The fraction of sp³-hybridized carbons (Fsp3) is 0.364. The van der Waals surface area contributed by atoms with Crippen molar-refractivity contribution >= 4 is 47.2 Å². The van der Waals surface area contributed by atoms with Crippen LogP contribution in [0.3, 0.4) is 0 Å². The summed E-state index contributed by atoms with van der Waals surface area (Å²) < 4.78 is 10.2. The van der Waals surface area contributed by atoms with Crippen LogP contribution in [0.15, 0.2) is 11.1 Å². The summed E-state index contributed by atoms with van der Waals surface area (Å²) in [5, 5.41) is 0.488. The van der Waals surface area contributed by atoms with Crippen molar-refractivity contribution in [2.45, 2.75) is 19.1 Å². The normalized spacial score (nSPS) is 21.3. The zero-order valence-electron chi connectivity index (χ0n) is 9.77. The molecular formula is C11H9Cl3N2O3. The van der Waals surface area contributed by atoms with E-state index in [1.54, 1.807) is 6.92 Å². The molecule has 19 heavy (non-hydrogen) atoms. The molecule has 0 amide bonds. The molecule has 0 bridgehead atoms. The lowest BCUT2D eigenvalue weighted by molar-refractivity contribution is -0.146. The number of hydrogen-bond acceptors (Lipinski definition) is 5. The number of carbonyl (C=O) groups is 1. The number of aliphatic imine (C=N–C) groups is 1. The zero-order valence-corrected chi connectivity index (χ0v) is 12.0. The number of aromatic nitrogens is 1. The molecular weight excluding hydrogens is 314 g/mol. The number of esters is 1. The molecule has 0 N–H and O–H groups in total. The minimum atomic E-state index is -0.849. The van der Waals surface area contributed by atoms with Crippen LogP contribution in [0.5, 0.6) is 0 Å². The predicted molar refractivity (Wildman–Crippen MR) is 72.0 cm³/mol. The average Bonchev–Trinajstić information content (AvgIpc) is 2.77. The Hall–Kier alpha value is -1.04. The van der Waals surface area contributed by atoms with Gasteiger partial charge in [-0.1, -0.05) is 34.8 Å². The maximum Gasteiger partial charge on any atom is 0.335 e. The molecule has 8 heteroatoms. The molecule has 0 spiro atoms. The summed E-state index contributed by atoms with van der Waals surface area (Å²) in [5.74, 6) is -0.511. The number of rotatable bonds is 3. The van der Waals surface area contributed by atoms with Gasteiger partial charge in [0, 0.05) is 0 Å². The molecule has 1 aliphatic heterocycles. The smallest absolute Gasteiger partial charge is 0.335 e. The van der Waals surface area contributed by atoms with Crippen LogP contribution in [0.25, 0.3) is 0 Å². The quantitative estimate of drug-likeness (QED) is 0.633. The molecule has 102 valence electrons. The number of nitrogens with zero attached hydrogens (tertiary/aromatic N) is 2. The van der Waals surface area contributed by atoms with Gasteiger partial charge in [0.1, 0.15) is 10.3 Å². The van der Waals surface area contributed by atoms with Crippen LogP contribution in [-0.4, -0.2) is 30.0 Å². The van der Waals surface area contributed by atoms with Gasteiger partial charge in [-0.15, -0.1) is 0 Å². The Kier molecular flexibility index (Phi) is 4.50. The van der Waals surface area contributed by atoms with E-state index in [0.717, 1.165) is 0 Å². The van der Waals surface area contributed by atoms with Crippen molar-refractivity contribution in [2.75, 3.05) is 6.61 Å². The highest BCUT2D eigenvalue weighted by atomic mass is 35.5. The first kappa shape index (κ1) is 14.4. The van der Waals surface area contributed by atoms with Crippen molar-refractivity contribution in [2.24, 2.45) is 4.99 Å². The lowest BCUT2D eigenvalue weighted by atomic mass is 10.1. The summed E-state index contributed by atoms with van der Waals surface area (Å²) in [4.78, 5) is 19.6. The van der Waals surface area contributed by atoms with Crippen LogP contribution in [-0.2, 0) is 14.3 Å². The Labute approximate surface area is 124 Å². The molecule has 2 rings (SSSR count). The Morgan fingerprint density at radius 3 is 2.84 bits per heavy atom. The molecule has 0 fully saturated rings. The number of hydrogen-bond donors (Lipinski definition) is 0. The van der Waals surface area contributed by atoms with Gasteiger partial charge in [-0.25, -0.2) is 14.8 Å². The van der Waals surface area contributed by atoms with Crippen molar-refractivity contribution in [1.29, 1.82) is 0 Å². The maximum atomic E-state index is 11.8. The van der Waals surface area contributed by atoms with Crippen molar-refractivity contribution in [3.63, 3.8) is 0 Å². The van der Waals surface area contributed by atoms with Crippen LogP contribution in [0.2, 0.25) is 15.3 Å². The summed E-state index contributed by atoms with van der Waals surface area (Å²) in [6.45, 7) is 1.95. The Balaban J connectivity index is 2.34. The van der Waals surface area contributed by atoms with Crippen molar-refractivity contribution < 1.29 is 14.3 Å². The van der Waals surface area contributed by atoms with E-state index < -0.39 is 18.1 Å². The molecule has 0 saturated heterocycles. The SMILES string of the molecule is CCOC(=O)C1N=COC1c1c(Cl)cc(Cl)nc1Cl. The van der Waals surface area contributed by atoms with Gasteiger partial charge in [0.15, 0.2) is 18.5 Å². The highest BCUT2D eigenvalue weighted by Gasteiger charge is 2.38. The third-order valence-corrected chi connectivity index (χ3v) is 3.25. The van der Waals surface area contributed by atoms with Crippen molar-refractivity contribution in [3.05, 3.63) is 27.0 Å². The number of carbonyl (C=O) groups excluding carboxylic acids is 1. The van der Waals surface area contributed by atoms with Crippen LogP contribution in [0.1, 0.15) is 18.6 Å². The first-order valence-corrected chi connectivity index (χ1v) is 6.53. The lowest BCUT2D eigenvalue weighted by Gasteiger charge is -2.18. The summed E-state index contributed by atoms with van der Waals surface area (Å²) in [6, 6.07) is 0.576. The first-order valence-electron chi connectivity index (χ1n) is 5.39. The van der Waals surface area contributed by atoms with Crippen molar-refractivity contribution in [1.82, 2.24) is 4.98 Å². The largest absolute Gasteiger partial charge is 0.473 e. The third-order valence-electron chi connectivity index (χ3n) is 2.46. The van der Waals surface area contributed by atoms with Crippen LogP contribution < -0.4 is 0 Å². The van der Waals surface area contributed by atoms with Gasteiger partial charge in [0.2, 0.25) is 0 Å². The third kappa shape index (κ3) is 2.94. The average molecular weight is 324 g/mol. The van der Waals surface area contributed by atoms with Crippen LogP contribution >= 0.6 is 34.8 Å². The van der Waals surface area contributed by atoms with Gasteiger partial charge in [0.25, 0.3) is 0 Å². The van der Waals surface area contributed by atoms with Gasteiger partial charge < -0.3 is 9.47 Å². The zero-order chi connectivity index (χ0) is 14.0. The standard InChI is InChI=1S/C11H9Cl3N2O3/c1-2-18-11(17)8-9(19-4-15-8)7-5(12)3-6(13)16-10(7)14/h3-4,8-9H,2H2,1H3. The van der Waals surface area contributed by atoms with Gasteiger partial charge in [0.05, 0.1) is 17.2 Å². The molecule has 2 unspecified atom stereocenters. The van der Waals surface area contributed by atoms with Gasteiger partial charge in [-0.05, 0) is 13.0 Å². The number of pyridine rings is 1. The highest BCUT2D eigenvalue weighted by Crippen LogP contribution is 2.37. The molecule has 2 heterocycles. The lowest BCUT2D eigenvalue weighted by Crippen LogP contribution is -2.26. The topological polar surface area (TPSA) is 60.8 Å². The maximum absolute atomic E-state index is 11.8. The molecule has 0 radical (unpaired) electrons. The Morgan fingerprint density at radius 2 is 2.21 bits per heavy atom. The van der Waals surface area contributed by atoms with Crippen molar-refractivity contribution in [3.8, 4) is 0 Å². The van der Waals surface area contributed by atoms with E-state index in [2.05, 4.69) is 9.98 Å². The Bertz CT molecular complexity index is 513. The predicted octanol–water partition coefficient (Wildman–Crippen LogP) is 3.07. The molecule has 0 aromatic carbocycles. The van der Waals surface area contributed by atoms with Gasteiger partial charge >= 0.3 is 5.97 Å². The Morgan fingerprint density at radius 1 is 1.47 bits per heavy atom. The summed E-state index contributed by atoms with van der Waals surface area (Å²) in [6.07, 6.45) is 0.414. The second kappa shape index (κ2) is 5.94. The molecule has 1 aromatic heterocycles. The first-order chi connectivity index (χ1) is 9.04. The van der Waals surface area contributed by atoms with E-state index in [1.165, 1.54) is 12.5 Å². The van der Waals surface area contributed by atoms with Crippen LogP contribution in [0.4, 0.5) is 0 Å². The van der Waals surface area contributed by atoms with E-state index in [1.807, 2.05) is 0 Å². The second-order valence-electron chi connectivity index (χ2n) is 3.64. The molecule has 0 aliphatic carbocycles. The van der Waals surface area contributed by atoms with E-state index in [-0.39, 0.29) is 21.9 Å². The van der Waals surface area contributed by atoms with Gasteiger partial charge in [-0.2, -0.15) is 0 Å². The minimum absolute atomic E-state index is 0.0716. The fourth-order valence-electron chi connectivity index (χ4n) is 1.68. The number of ether oxygens (including phenoxy) is 2. The van der Waals surface area contributed by atoms with E-state index >= 15 is 0 Å². The monoisotopic (exact) mass is 322 g/mol. The molecule has 2 atom stereocenters. The molecule has 0 saturated carbocycles. The van der Waals surface area contributed by atoms with E-state index in [0.29, 0.717) is 5.56 Å². The molecule has 5 nitrogen and oxygen atoms in total. The second-order valence-corrected chi connectivity index (χ2v) is 4.79. The summed E-state index contributed by atoms with van der Waals surface area (Å²) >= 11 is 17.8. The molecule has 1 aliphatic rings. The highest BCUT2D eigenvalue weighted by molar-refractivity contribution is 6.37. The summed E-state index contributed by atoms with van der Waals surface area (Å²) in [7, 11) is 0. The van der Waals surface area contributed by atoms with Gasteiger partial charge in [-0.3, -0.25) is 0 Å². The summed E-state index contributed by atoms with van der Waals surface area (Å²) in [5.41, 5.74) is 0.364. The van der Waals surface area contributed by atoms with E-state index in [9.17, 15) is 4.79 Å². The minimum Gasteiger partial charge on any atom is -0.473 e. The molecule has 1 aromatic rings. The fourth-order valence-corrected chi connectivity index (χ4v) is 2.62.